The summed E-state index contributed by atoms with van der Waals surface area (Å²) in [5, 5.41) is 0. The Labute approximate surface area is 162 Å². The normalized spacial score (nSPS) is 17.8. The lowest BCUT2D eigenvalue weighted by Crippen LogP contribution is -2.50. The van der Waals surface area contributed by atoms with Gasteiger partial charge in [0.2, 0.25) is 6.10 Å². The predicted molar refractivity (Wildman–Crippen MR) is 103 cm³/mol. The number of anilines is 1. The number of para-hydroxylation sites is 2. The van der Waals surface area contributed by atoms with E-state index in [-0.39, 0.29) is 18.3 Å². The Morgan fingerprint density at radius 2 is 1.75 bits per heavy atom. The maximum atomic E-state index is 13.4. The molecular formula is C22H19FN2O3. The van der Waals surface area contributed by atoms with E-state index in [0.29, 0.717) is 17.2 Å². The van der Waals surface area contributed by atoms with Crippen LogP contribution in [0.5, 0.6) is 11.5 Å². The second kappa shape index (κ2) is 7.68. The van der Waals surface area contributed by atoms with Gasteiger partial charge in [-0.05, 0) is 55.0 Å². The number of amides is 1. The molecular weight excluding hydrogens is 359 g/mol. The molecule has 5 nitrogen and oxygen atoms in total. The fraction of sp³-hybridized carbons (Fsp3) is 0.182. The van der Waals surface area contributed by atoms with Crippen molar-refractivity contribution in [3.8, 4) is 11.5 Å². The SMILES string of the molecule is C[C@@H]1Oc2ccccc2O[C@H]1C(=O)N(Cc1cccnc1)c1ccc(F)cc1. The van der Waals surface area contributed by atoms with E-state index in [4.69, 9.17) is 9.47 Å². The second-order valence-electron chi connectivity index (χ2n) is 6.57. The van der Waals surface area contributed by atoms with Gasteiger partial charge >= 0.3 is 0 Å². The van der Waals surface area contributed by atoms with Crippen LogP contribution in [0.2, 0.25) is 0 Å². The van der Waals surface area contributed by atoms with Crippen LogP contribution < -0.4 is 14.4 Å². The van der Waals surface area contributed by atoms with Crippen LogP contribution in [0.3, 0.4) is 0 Å². The van der Waals surface area contributed by atoms with Gasteiger partial charge in [0, 0.05) is 18.1 Å². The van der Waals surface area contributed by atoms with Gasteiger partial charge in [0.1, 0.15) is 11.9 Å². The molecule has 0 saturated heterocycles. The third-order valence-electron chi connectivity index (χ3n) is 4.55. The third kappa shape index (κ3) is 3.67. The number of nitrogens with zero attached hydrogens (tertiary/aromatic N) is 2. The molecule has 0 saturated carbocycles. The van der Waals surface area contributed by atoms with Gasteiger partial charge in [-0.25, -0.2) is 4.39 Å². The van der Waals surface area contributed by atoms with E-state index in [2.05, 4.69) is 4.98 Å². The molecule has 1 aliphatic heterocycles. The van der Waals surface area contributed by atoms with Crippen LogP contribution in [-0.4, -0.2) is 23.1 Å². The molecule has 0 unspecified atom stereocenters. The van der Waals surface area contributed by atoms with Gasteiger partial charge in [0.25, 0.3) is 5.91 Å². The van der Waals surface area contributed by atoms with E-state index in [9.17, 15) is 9.18 Å². The molecule has 2 atom stereocenters. The average molecular weight is 378 g/mol. The number of carbonyl (C=O) groups excluding carboxylic acids is 1. The lowest BCUT2D eigenvalue weighted by atomic mass is 10.1. The van der Waals surface area contributed by atoms with Crippen molar-refractivity contribution in [1.29, 1.82) is 0 Å². The standard InChI is InChI=1S/C22H19FN2O3/c1-15-21(28-20-7-3-2-6-19(20)27-15)22(26)25(14-16-5-4-12-24-13-16)18-10-8-17(23)9-11-18/h2-13,15,21H,14H2,1H3/t15-,21+/m0/s1. The van der Waals surface area contributed by atoms with E-state index in [0.717, 1.165) is 5.56 Å². The highest BCUT2D eigenvalue weighted by atomic mass is 19.1. The zero-order valence-corrected chi connectivity index (χ0v) is 15.3. The highest BCUT2D eigenvalue weighted by molar-refractivity contribution is 5.97. The first kappa shape index (κ1) is 18.0. The van der Waals surface area contributed by atoms with Crippen LogP contribution in [0.25, 0.3) is 0 Å². The van der Waals surface area contributed by atoms with Crippen molar-refractivity contribution >= 4 is 11.6 Å². The molecule has 142 valence electrons. The lowest BCUT2D eigenvalue weighted by Gasteiger charge is -2.34. The Kier molecular flexibility index (Phi) is 4.93. The number of hydrogen-bond donors (Lipinski definition) is 0. The number of ether oxygens (including phenoxy) is 2. The summed E-state index contributed by atoms with van der Waals surface area (Å²) >= 11 is 0. The smallest absolute Gasteiger partial charge is 0.272 e. The number of carbonyl (C=O) groups is 1. The van der Waals surface area contributed by atoms with Crippen LogP contribution in [0, 0.1) is 5.82 Å². The minimum Gasteiger partial charge on any atom is -0.482 e. The molecule has 0 fully saturated rings. The Hall–Kier alpha value is -3.41. The summed E-state index contributed by atoms with van der Waals surface area (Å²) in [6, 6.07) is 16.8. The fourth-order valence-electron chi connectivity index (χ4n) is 3.14. The minimum absolute atomic E-state index is 0.266. The summed E-state index contributed by atoms with van der Waals surface area (Å²) in [6.45, 7) is 2.08. The molecule has 2 heterocycles. The van der Waals surface area contributed by atoms with E-state index in [1.807, 2.05) is 24.3 Å². The van der Waals surface area contributed by atoms with Crippen molar-refractivity contribution in [1.82, 2.24) is 4.98 Å². The summed E-state index contributed by atoms with van der Waals surface area (Å²) in [5.74, 6) is 0.508. The van der Waals surface area contributed by atoms with Crippen LogP contribution in [0.1, 0.15) is 12.5 Å². The van der Waals surface area contributed by atoms with E-state index in [1.165, 1.54) is 12.1 Å². The molecule has 0 N–H and O–H groups in total. The molecule has 3 aromatic rings. The molecule has 0 bridgehead atoms. The zero-order chi connectivity index (χ0) is 19.5. The van der Waals surface area contributed by atoms with Crippen molar-refractivity contribution in [2.24, 2.45) is 0 Å². The molecule has 1 aliphatic rings. The Morgan fingerprint density at radius 1 is 1.04 bits per heavy atom. The lowest BCUT2D eigenvalue weighted by molar-refractivity contribution is -0.130. The molecule has 1 aromatic heterocycles. The number of benzene rings is 2. The van der Waals surface area contributed by atoms with Crippen molar-refractivity contribution in [2.45, 2.75) is 25.7 Å². The number of aromatic nitrogens is 1. The van der Waals surface area contributed by atoms with Gasteiger partial charge in [-0.2, -0.15) is 0 Å². The molecule has 1 amide bonds. The molecule has 4 rings (SSSR count). The van der Waals surface area contributed by atoms with Crippen molar-refractivity contribution in [3.63, 3.8) is 0 Å². The van der Waals surface area contributed by atoms with Crippen LogP contribution in [-0.2, 0) is 11.3 Å². The van der Waals surface area contributed by atoms with Gasteiger partial charge in [-0.15, -0.1) is 0 Å². The summed E-state index contributed by atoms with van der Waals surface area (Å²) < 4.78 is 25.2. The van der Waals surface area contributed by atoms with Gasteiger partial charge in [0.05, 0.1) is 6.54 Å². The maximum absolute atomic E-state index is 13.4. The first-order valence-corrected chi connectivity index (χ1v) is 9.00. The van der Waals surface area contributed by atoms with Crippen molar-refractivity contribution in [2.75, 3.05) is 4.90 Å². The third-order valence-corrected chi connectivity index (χ3v) is 4.55. The monoisotopic (exact) mass is 378 g/mol. The highest BCUT2D eigenvalue weighted by Gasteiger charge is 2.37. The minimum atomic E-state index is -0.823. The second-order valence-corrected chi connectivity index (χ2v) is 6.57. The summed E-state index contributed by atoms with van der Waals surface area (Å²) in [5.41, 5.74) is 1.43. The number of halogens is 1. The summed E-state index contributed by atoms with van der Waals surface area (Å²) in [6.07, 6.45) is 2.07. The Morgan fingerprint density at radius 3 is 2.43 bits per heavy atom. The number of rotatable bonds is 4. The number of pyridine rings is 1. The van der Waals surface area contributed by atoms with Gasteiger partial charge in [-0.3, -0.25) is 9.78 Å². The van der Waals surface area contributed by atoms with E-state index < -0.39 is 12.2 Å². The largest absolute Gasteiger partial charge is 0.482 e. The van der Waals surface area contributed by atoms with Gasteiger partial charge in [0.15, 0.2) is 11.5 Å². The maximum Gasteiger partial charge on any atom is 0.272 e. The van der Waals surface area contributed by atoms with E-state index in [1.54, 1.807) is 48.5 Å². The number of fused-ring (bicyclic) bond motifs is 1. The zero-order valence-electron chi connectivity index (χ0n) is 15.3. The fourth-order valence-corrected chi connectivity index (χ4v) is 3.14. The average Bonchev–Trinajstić information content (AvgIpc) is 2.72. The van der Waals surface area contributed by atoms with Crippen LogP contribution in [0.15, 0.2) is 73.1 Å². The summed E-state index contributed by atoms with van der Waals surface area (Å²) in [7, 11) is 0. The molecule has 6 heteroatoms. The predicted octanol–water partition coefficient (Wildman–Crippen LogP) is 3.98. The Bertz CT molecular complexity index is 963. The highest BCUT2D eigenvalue weighted by Crippen LogP contribution is 2.34. The molecule has 0 aliphatic carbocycles. The van der Waals surface area contributed by atoms with Crippen molar-refractivity contribution in [3.05, 3.63) is 84.4 Å². The van der Waals surface area contributed by atoms with E-state index >= 15 is 0 Å². The van der Waals surface area contributed by atoms with Crippen molar-refractivity contribution < 1.29 is 18.7 Å². The topological polar surface area (TPSA) is 51.7 Å². The molecule has 2 aromatic carbocycles. The molecule has 0 spiro atoms. The van der Waals surface area contributed by atoms with Crippen LogP contribution >= 0.6 is 0 Å². The summed E-state index contributed by atoms with van der Waals surface area (Å²) in [4.78, 5) is 19.1. The van der Waals surface area contributed by atoms with Crippen LogP contribution in [0.4, 0.5) is 10.1 Å². The quantitative estimate of drug-likeness (QED) is 0.689. The number of hydrogen-bond acceptors (Lipinski definition) is 4. The van der Waals surface area contributed by atoms with Gasteiger partial charge < -0.3 is 14.4 Å². The van der Waals surface area contributed by atoms with Gasteiger partial charge in [-0.1, -0.05) is 18.2 Å². The molecule has 0 radical (unpaired) electrons. The molecule has 28 heavy (non-hydrogen) atoms. The Balaban J connectivity index is 1.65. The first-order chi connectivity index (χ1) is 13.6. The first-order valence-electron chi connectivity index (χ1n) is 9.00.